The Hall–Kier alpha value is -4.64. The smallest absolute Gasteiger partial charge is 0.253 e. The third-order valence-electron chi connectivity index (χ3n) is 7.24. The van der Waals surface area contributed by atoms with E-state index >= 15 is 0 Å². The molecule has 0 saturated heterocycles. The van der Waals surface area contributed by atoms with Gasteiger partial charge >= 0.3 is 0 Å². The number of rotatable bonds is 17. The Labute approximate surface area is 268 Å². The lowest BCUT2D eigenvalue weighted by Crippen LogP contribution is -2.60. The molecule has 2 aromatic carbocycles. The number of aromatic nitrogens is 1. The largest absolute Gasteiger partial charge is 0.388 e. The maximum absolute atomic E-state index is 13.7. The first-order valence-electron chi connectivity index (χ1n) is 14.9. The van der Waals surface area contributed by atoms with Crippen molar-refractivity contribution in [3.05, 3.63) is 102 Å². The zero-order valence-electron chi connectivity index (χ0n) is 25.5. The molecule has 46 heavy (non-hydrogen) atoms. The Morgan fingerprint density at radius 2 is 1.46 bits per heavy atom. The zero-order valence-corrected chi connectivity index (χ0v) is 26.3. The summed E-state index contributed by atoms with van der Waals surface area (Å²) in [5.41, 5.74) is 1.05. The van der Waals surface area contributed by atoms with Gasteiger partial charge in [0.05, 0.1) is 41.6 Å². The predicted molar refractivity (Wildman–Crippen MR) is 171 cm³/mol. The number of aliphatic hydroxyl groups is 2. The average Bonchev–Trinajstić information content (AvgIpc) is 3.07. The van der Waals surface area contributed by atoms with E-state index in [2.05, 4.69) is 20.9 Å². The molecule has 0 unspecified atom stereocenters. The van der Waals surface area contributed by atoms with Gasteiger partial charge in [-0.3, -0.25) is 19.4 Å². The van der Waals surface area contributed by atoms with E-state index in [4.69, 9.17) is 0 Å². The van der Waals surface area contributed by atoms with E-state index in [0.29, 0.717) is 18.4 Å². The lowest BCUT2D eigenvalue weighted by molar-refractivity contribution is -0.125. The number of nitriles is 1. The van der Waals surface area contributed by atoms with Gasteiger partial charge in [0.2, 0.25) is 5.91 Å². The number of amides is 3. The molecule has 1 aromatic heterocycles. The predicted octanol–water partition coefficient (Wildman–Crippen LogP) is 1.56. The summed E-state index contributed by atoms with van der Waals surface area (Å²) in [6, 6.07) is 17.7. The summed E-state index contributed by atoms with van der Waals surface area (Å²) in [5, 5.41) is 39.8. The SMILES string of the molecule is CCCCS(=O)(=O)C[C@@H](NC(=O)c1cccnc1)C(=O)N[C@@H](Cc1ccccc1)[C@@H](O)[C@H](O)[C@@H](CC#N)NC(=O)c1ccccc1. The van der Waals surface area contributed by atoms with Crippen LogP contribution in [-0.2, 0) is 21.1 Å². The summed E-state index contributed by atoms with van der Waals surface area (Å²) in [6.45, 7) is 1.83. The van der Waals surface area contributed by atoms with Crippen molar-refractivity contribution in [3.63, 3.8) is 0 Å². The van der Waals surface area contributed by atoms with E-state index in [1.54, 1.807) is 60.7 Å². The number of aliphatic hydroxyl groups excluding tert-OH is 2. The molecule has 0 radical (unpaired) electrons. The molecule has 12 nitrogen and oxygen atoms in total. The first-order valence-corrected chi connectivity index (χ1v) is 16.7. The van der Waals surface area contributed by atoms with Crippen LogP contribution in [0.2, 0.25) is 0 Å². The van der Waals surface area contributed by atoms with Crippen LogP contribution in [-0.4, -0.2) is 83.2 Å². The monoisotopic (exact) mass is 649 g/mol. The summed E-state index contributed by atoms with van der Waals surface area (Å²) in [4.78, 5) is 43.4. The minimum atomic E-state index is -3.79. The summed E-state index contributed by atoms with van der Waals surface area (Å²) in [6.07, 6.45) is -0.129. The van der Waals surface area contributed by atoms with Crippen molar-refractivity contribution in [2.45, 2.75) is 62.9 Å². The highest BCUT2D eigenvalue weighted by Crippen LogP contribution is 2.15. The molecule has 0 saturated carbocycles. The van der Waals surface area contributed by atoms with E-state index in [9.17, 15) is 38.3 Å². The van der Waals surface area contributed by atoms with E-state index in [0.717, 1.165) is 0 Å². The average molecular weight is 650 g/mol. The van der Waals surface area contributed by atoms with Crippen LogP contribution in [0.25, 0.3) is 0 Å². The second-order valence-corrected chi connectivity index (χ2v) is 13.1. The highest BCUT2D eigenvalue weighted by molar-refractivity contribution is 7.91. The van der Waals surface area contributed by atoms with E-state index < -0.39 is 63.6 Å². The van der Waals surface area contributed by atoms with Gasteiger partial charge in [0.15, 0.2) is 9.84 Å². The fourth-order valence-electron chi connectivity index (χ4n) is 4.70. The van der Waals surface area contributed by atoms with Crippen LogP contribution in [0.1, 0.15) is 52.5 Å². The Kier molecular flexibility index (Phi) is 13.8. The van der Waals surface area contributed by atoms with Gasteiger partial charge in [-0.25, -0.2) is 8.42 Å². The number of hydrogen-bond donors (Lipinski definition) is 5. The third kappa shape index (κ3) is 11.1. The number of sulfone groups is 1. The summed E-state index contributed by atoms with van der Waals surface area (Å²) >= 11 is 0. The van der Waals surface area contributed by atoms with Gasteiger partial charge in [-0.1, -0.05) is 61.9 Å². The van der Waals surface area contributed by atoms with Gasteiger partial charge in [-0.05, 0) is 42.7 Å². The number of nitrogens with zero attached hydrogens (tertiary/aromatic N) is 2. The first kappa shape index (κ1) is 35.8. The van der Waals surface area contributed by atoms with Crippen molar-refractivity contribution in [1.82, 2.24) is 20.9 Å². The van der Waals surface area contributed by atoms with Gasteiger partial charge in [-0.2, -0.15) is 5.26 Å². The Bertz CT molecular complexity index is 1570. The van der Waals surface area contributed by atoms with Crippen LogP contribution >= 0.6 is 0 Å². The lowest BCUT2D eigenvalue weighted by atomic mass is 9.92. The number of unbranched alkanes of at least 4 members (excludes halogenated alkanes) is 1. The van der Waals surface area contributed by atoms with Gasteiger partial charge in [0.25, 0.3) is 11.8 Å². The fraction of sp³-hybridized carbons (Fsp3) is 0.364. The van der Waals surface area contributed by atoms with E-state index in [1.165, 1.54) is 24.5 Å². The minimum absolute atomic E-state index is 0.0113. The standard InChI is InChI=1S/C33H39N5O7S/c1-2-3-19-46(44,45)22-28(38-32(42)25-15-10-18-35-21-25)33(43)37-27(20-23-11-6-4-7-12-23)30(40)29(39)26(16-17-34)36-31(41)24-13-8-5-9-14-24/h4-15,18,21,26-30,39-40H,2-3,16,19-20,22H2,1H3,(H,36,41)(H,37,43)(H,38,42)/t26-,27+,28-,29-,30-/m1/s1. The summed E-state index contributed by atoms with van der Waals surface area (Å²) < 4.78 is 25.8. The van der Waals surface area contributed by atoms with Crippen molar-refractivity contribution < 1.29 is 33.0 Å². The Morgan fingerprint density at radius 3 is 2.07 bits per heavy atom. The summed E-state index contributed by atoms with van der Waals surface area (Å²) in [5.74, 6) is -3.11. The van der Waals surface area contributed by atoms with E-state index in [-0.39, 0.29) is 29.7 Å². The molecule has 3 amide bonds. The third-order valence-corrected chi connectivity index (χ3v) is 8.99. The van der Waals surface area contributed by atoms with Crippen LogP contribution in [0.4, 0.5) is 0 Å². The number of carbonyl (C=O) groups excluding carboxylic acids is 3. The Morgan fingerprint density at radius 1 is 0.848 bits per heavy atom. The van der Waals surface area contributed by atoms with Crippen LogP contribution < -0.4 is 16.0 Å². The molecule has 3 aromatic rings. The zero-order chi connectivity index (χ0) is 33.5. The van der Waals surface area contributed by atoms with Crippen LogP contribution in [0, 0.1) is 11.3 Å². The minimum Gasteiger partial charge on any atom is -0.388 e. The van der Waals surface area contributed by atoms with Gasteiger partial charge in [-0.15, -0.1) is 0 Å². The van der Waals surface area contributed by atoms with Crippen molar-refractivity contribution in [2.24, 2.45) is 0 Å². The van der Waals surface area contributed by atoms with Crippen LogP contribution in [0.5, 0.6) is 0 Å². The molecule has 244 valence electrons. The van der Waals surface area contributed by atoms with Gasteiger partial charge in [0, 0.05) is 18.0 Å². The molecule has 0 bridgehead atoms. The second kappa shape index (κ2) is 17.7. The molecular formula is C33H39N5O7S. The van der Waals surface area contributed by atoms with Crippen molar-refractivity contribution in [1.29, 1.82) is 5.26 Å². The normalized spacial score (nSPS) is 14.5. The quantitative estimate of drug-likeness (QED) is 0.144. The molecule has 0 spiro atoms. The maximum Gasteiger partial charge on any atom is 0.253 e. The van der Waals surface area contributed by atoms with Crippen LogP contribution in [0.15, 0.2) is 85.2 Å². The molecule has 5 N–H and O–H groups in total. The molecule has 0 aliphatic heterocycles. The number of carbonyl (C=O) groups is 3. The van der Waals surface area contributed by atoms with Crippen molar-refractivity contribution >= 4 is 27.6 Å². The van der Waals surface area contributed by atoms with Crippen molar-refractivity contribution in [2.75, 3.05) is 11.5 Å². The number of hydrogen-bond acceptors (Lipinski definition) is 9. The number of pyridine rings is 1. The highest BCUT2D eigenvalue weighted by atomic mass is 32.2. The second-order valence-electron chi connectivity index (χ2n) is 10.8. The molecule has 1 heterocycles. The van der Waals surface area contributed by atoms with Gasteiger partial charge < -0.3 is 26.2 Å². The van der Waals surface area contributed by atoms with Gasteiger partial charge in [0.1, 0.15) is 18.2 Å². The fourth-order valence-corrected chi connectivity index (χ4v) is 6.34. The Balaban J connectivity index is 1.89. The lowest BCUT2D eigenvalue weighted by Gasteiger charge is -2.33. The van der Waals surface area contributed by atoms with Crippen LogP contribution in [0.3, 0.4) is 0 Å². The summed E-state index contributed by atoms with van der Waals surface area (Å²) in [7, 11) is -3.79. The molecule has 5 atom stereocenters. The molecule has 0 aliphatic rings. The topological polar surface area (TPSA) is 199 Å². The first-order chi connectivity index (χ1) is 22.0. The molecule has 0 aliphatic carbocycles. The molecule has 0 fully saturated rings. The number of benzene rings is 2. The molecular weight excluding hydrogens is 610 g/mol. The maximum atomic E-state index is 13.7. The van der Waals surface area contributed by atoms with E-state index in [1.807, 2.05) is 13.0 Å². The molecule has 3 rings (SSSR count). The highest BCUT2D eigenvalue weighted by Gasteiger charge is 2.36. The molecule has 13 heteroatoms. The number of nitrogens with one attached hydrogen (secondary N) is 3. The van der Waals surface area contributed by atoms with Crippen molar-refractivity contribution in [3.8, 4) is 6.07 Å².